The molecule has 0 bridgehead atoms. The molecule has 0 radical (unpaired) electrons. The number of urea groups is 1. The second-order valence-electron chi connectivity index (χ2n) is 5.17. The van der Waals surface area contributed by atoms with Gasteiger partial charge in [0.1, 0.15) is 0 Å². The van der Waals surface area contributed by atoms with Crippen molar-refractivity contribution in [3.63, 3.8) is 0 Å². The molecule has 1 heterocycles. The third kappa shape index (κ3) is 3.50. The van der Waals surface area contributed by atoms with Crippen LogP contribution in [-0.2, 0) is 11.2 Å². The molecule has 0 aromatic heterocycles. The summed E-state index contributed by atoms with van der Waals surface area (Å²) in [4.78, 5) is 24.6. The predicted molar refractivity (Wildman–Crippen MR) is 77.0 cm³/mol. The highest BCUT2D eigenvalue weighted by Gasteiger charge is 2.23. The Balaban J connectivity index is 1.98. The third-order valence-electron chi connectivity index (χ3n) is 3.52. The van der Waals surface area contributed by atoms with E-state index in [1.807, 2.05) is 31.2 Å². The fourth-order valence-electron chi connectivity index (χ4n) is 2.45. The Kier molecular flexibility index (Phi) is 4.61. The number of fused-ring (bicyclic) bond motifs is 1. The summed E-state index contributed by atoms with van der Waals surface area (Å²) >= 11 is 0. The van der Waals surface area contributed by atoms with Crippen LogP contribution < -0.4 is 10.2 Å². The van der Waals surface area contributed by atoms with Crippen LogP contribution in [0.5, 0.6) is 0 Å². The van der Waals surface area contributed by atoms with Crippen molar-refractivity contribution < 1.29 is 14.7 Å². The molecular formula is C15H20N2O3. The van der Waals surface area contributed by atoms with Gasteiger partial charge < -0.3 is 10.4 Å². The largest absolute Gasteiger partial charge is 0.481 e. The van der Waals surface area contributed by atoms with E-state index in [4.69, 9.17) is 5.11 Å². The zero-order chi connectivity index (χ0) is 14.5. The Morgan fingerprint density at radius 2 is 2.15 bits per heavy atom. The summed E-state index contributed by atoms with van der Waals surface area (Å²) in [6.07, 6.45) is 2.46. The van der Waals surface area contributed by atoms with Gasteiger partial charge >= 0.3 is 12.0 Å². The first-order chi connectivity index (χ1) is 9.58. The Labute approximate surface area is 118 Å². The minimum absolute atomic E-state index is 0.0675. The molecule has 0 aliphatic carbocycles. The predicted octanol–water partition coefficient (Wildman–Crippen LogP) is 2.40. The van der Waals surface area contributed by atoms with E-state index < -0.39 is 5.97 Å². The van der Waals surface area contributed by atoms with Gasteiger partial charge in [0.15, 0.2) is 0 Å². The molecule has 20 heavy (non-hydrogen) atoms. The quantitative estimate of drug-likeness (QED) is 0.887. The van der Waals surface area contributed by atoms with E-state index in [-0.39, 0.29) is 18.5 Å². The molecular weight excluding hydrogens is 256 g/mol. The molecule has 1 atom stereocenters. The Morgan fingerprint density at radius 3 is 2.90 bits per heavy atom. The van der Waals surface area contributed by atoms with Gasteiger partial charge in [0.05, 0.1) is 0 Å². The van der Waals surface area contributed by atoms with Crippen molar-refractivity contribution in [2.45, 2.75) is 38.6 Å². The summed E-state index contributed by atoms with van der Waals surface area (Å²) in [6.45, 7) is 2.53. The minimum atomic E-state index is -0.839. The zero-order valence-corrected chi connectivity index (χ0v) is 11.6. The van der Waals surface area contributed by atoms with Crippen molar-refractivity contribution in [1.29, 1.82) is 0 Å². The van der Waals surface area contributed by atoms with Crippen molar-refractivity contribution in [3.8, 4) is 0 Å². The van der Waals surface area contributed by atoms with Crippen molar-refractivity contribution in [2.75, 3.05) is 11.4 Å². The standard InChI is InChI=1S/C15H20N2O3/c1-11(8-9-14(18)19)16-15(20)17-10-4-6-12-5-2-3-7-13(12)17/h2-3,5,7,11H,4,6,8-10H2,1H3,(H,16,20)(H,18,19). The number of amides is 2. The number of anilines is 1. The van der Waals surface area contributed by atoms with Gasteiger partial charge in [-0.15, -0.1) is 0 Å². The van der Waals surface area contributed by atoms with Gasteiger partial charge in [-0.2, -0.15) is 0 Å². The first kappa shape index (κ1) is 14.4. The first-order valence-corrected chi connectivity index (χ1v) is 6.95. The number of carbonyl (C=O) groups excluding carboxylic acids is 1. The van der Waals surface area contributed by atoms with E-state index in [2.05, 4.69) is 5.32 Å². The van der Waals surface area contributed by atoms with E-state index >= 15 is 0 Å². The van der Waals surface area contributed by atoms with Gasteiger partial charge in [-0.3, -0.25) is 9.69 Å². The number of nitrogens with one attached hydrogen (secondary N) is 1. The lowest BCUT2D eigenvalue weighted by atomic mass is 10.0. The molecule has 0 spiro atoms. The number of carboxylic acid groups (broad SMARTS) is 1. The zero-order valence-electron chi connectivity index (χ0n) is 11.6. The van der Waals surface area contributed by atoms with Gasteiger partial charge in [-0.05, 0) is 37.8 Å². The molecule has 1 aliphatic heterocycles. The molecule has 1 aromatic carbocycles. The average molecular weight is 276 g/mol. The lowest BCUT2D eigenvalue weighted by Crippen LogP contribution is -2.46. The SMILES string of the molecule is CC(CCC(=O)O)NC(=O)N1CCCc2ccccc21. The fourth-order valence-corrected chi connectivity index (χ4v) is 2.45. The van der Waals surface area contributed by atoms with Gasteiger partial charge in [-0.1, -0.05) is 18.2 Å². The molecule has 1 unspecified atom stereocenters. The number of carbonyl (C=O) groups is 2. The molecule has 2 N–H and O–H groups in total. The lowest BCUT2D eigenvalue weighted by Gasteiger charge is -2.30. The Hall–Kier alpha value is -2.04. The van der Waals surface area contributed by atoms with Crippen LogP contribution >= 0.6 is 0 Å². The number of hydrogen-bond donors (Lipinski definition) is 2. The van der Waals surface area contributed by atoms with Crippen LogP contribution in [-0.4, -0.2) is 29.7 Å². The molecule has 5 nitrogen and oxygen atoms in total. The normalized spacial score (nSPS) is 15.3. The number of benzene rings is 1. The molecule has 2 rings (SSSR count). The van der Waals surface area contributed by atoms with Crippen LogP contribution in [0, 0.1) is 0 Å². The van der Waals surface area contributed by atoms with E-state index in [0.717, 1.165) is 18.5 Å². The van der Waals surface area contributed by atoms with Crippen LogP contribution in [0.3, 0.4) is 0 Å². The summed E-state index contributed by atoms with van der Waals surface area (Å²) in [7, 11) is 0. The lowest BCUT2D eigenvalue weighted by molar-refractivity contribution is -0.137. The molecule has 0 fully saturated rings. The highest BCUT2D eigenvalue weighted by atomic mass is 16.4. The van der Waals surface area contributed by atoms with E-state index in [0.29, 0.717) is 13.0 Å². The maximum Gasteiger partial charge on any atom is 0.322 e. The Morgan fingerprint density at radius 1 is 1.40 bits per heavy atom. The van der Waals surface area contributed by atoms with E-state index in [9.17, 15) is 9.59 Å². The van der Waals surface area contributed by atoms with Crippen LogP contribution in [0.25, 0.3) is 0 Å². The smallest absolute Gasteiger partial charge is 0.322 e. The molecule has 1 aliphatic rings. The molecule has 0 saturated heterocycles. The second-order valence-corrected chi connectivity index (χ2v) is 5.17. The van der Waals surface area contributed by atoms with Crippen LogP contribution in [0.4, 0.5) is 10.5 Å². The molecule has 0 saturated carbocycles. The molecule has 1 aromatic rings. The number of aryl methyl sites for hydroxylation is 1. The molecule has 2 amide bonds. The highest BCUT2D eigenvalue weighted by molar-refractivity contribution is 5.93. The highest BCUT2D eigenvalue weighted by Crippen LogP contribution is 2.26. The molecule has 5 heteroatoms. The first-order valence-electron chi connectivity index (χ1n) is 6.95. The number of hydrogen-bond acceptors (Lipinski definition) is 2. The fraction of sp³-hybridized carbons (Fsp3) is 0.467. The van der Waals surface area contributed by atoms with E-state index in [1.165, 1.54) is 5.56 Å². The van der Waals surface area contributed by atoms with E-state index in [1.54, 1.807) is 4.90 Å². The van der Waals surface area contributed by atoms with Crippen LogP contribution in [0.2, 0.25) is 0 Å². The summed E-state index contributed by atoms with van der Waals surface area (Å²) in [5.41, 5.74) is 2.15. The van der Waals surface area contributed by atoms with Gasteiger partial charge in [0.25, 0.3) is 0 Å². The third-order valence-corrected chi connectivity index (χ3v) is 3.52. The number of rotatable bonds is 4. The maximum absolute atomic E-state index is 12.3. The average Bonchev–Trinajstić information content (AvgIpc) is 2.44. The van der Waals surface area contributed by atoms with Gasteiger partial charge in [0, 0.05) is 24.7 Å². The molecule has 108 valence electrons. The minimum Gasteiger partial charge on any atom is -0.481 e. The number of carboxylic acids is 1. The van der Waals surface area contributed by atoms with Crippen molar-refractivity contribution in [2.24, 2.45) is 0 Å². The topological polar surface area (TPSA) is 69.6 Å². The van der Waals surface area contributed by atoms with Gasteiger partial charge in [0.2, 0.25) is 0 Å². The summed E-state index contributed by atoms with van der Waals surface area (Å²) in [6, 6.07) is 7.62. The number of nitrogens with zero attached hydrogens (tertiary/aromatic N) is 1. The Bertz CT molecular complexity index is 502. The number of para-hydroxylation sites is 1. The van der Waals surface area contributed by atoms with Crippen molar-refractivity contribution in [1.82, 2.24) is 5.32 Å². The van der Waals surface area contributed by atoms with Crippen LogP contribution in [0.1, 0.15) is 31.7 Å². The summed E-state index contributed by atoms with van der Waals surface area (Å²) in [5, 5.41) is 11.5. The van der Waals surface area contributed by atoms with Crippen molar-refractivity contribution in [3.05, 3.63) is 29.8 Å². The maximum atomic E-state index is 12.3. The van der Waals surface area contributed by atoms with Crippen molar-refractivity contribution >= 4 is 17.7 Å². The van der Waals surface area contributed by atoms with Gasteiger partial charge in [-0.25, -0.2) is 4.79 Å². The van der Waals surface area contributed by atoms with Crippen LogP contribution in [0.15, 0.2) is 24.3 Å². The number of aliphatic carboxylic acids is 1. The summed E-state index contributed by atoms with van der Waals surface area (Å²) < 4.78 is 0. The second kappa shape index (κ2) is 6.41. The summed E-state index contributed by atoms with van der Waals surface area (Å²) in [5.74, 6) is -0.839. The monoisotopic (exact) mass is 276 g/mol.